The third-order valence-electron chi connectivity index (χ3n) is 4.12. The number of thiophene rings is 1. The van der Waals surface area contributed by atoms with E-state index < -0.39 is 0 Å². The molecule has 0 radical (unpaired) electrons. The largest absolute Gasteiger partial charge is 0.368 e. The Morgan fingerprint density at radius 2 is 2.10 bits per heavy atom. The fourth-order valence-corrected chi connectivity index (χ4v) is 4.01. The highest BCUT2D eigenvalue weighted by Crippen LogP contribution is 2.33. The van der Waals surface area contributed by atoms with Gasteiger partial charge in [0.1, 0.15) is 10.6 Å². The van der Waals surface area contributed by atoms with E-state index in [0.29, 0.717) is 5.95 Å². The quantitative estimate of drug-likeness (QED) is 0.938. The minimum absolute atomic E-state index is 0.394. The van der Waals surface area contributed by atoms with E-state index in [1.807, 2.05) is 0 Å². The van der Waals surface area contributed by atoms with Crippen molar-refractivity contribution in [3.63, 3.8) is 0 Å². The second-order valence-corrected chi connectivity index (χ2v) is 6.94. The molecule has 4 nitrogen and oxygen atoms in total. The van der Waals surface area contributed by atoms with E-state index in [9.17, 15) is 0 Å². The fourth-order valence-electron chi connectivity index (χ4n) is 3.13. The molecular weight excluding hydrogens is 268 g/mol. The maximum Gasteiger partial charge on any atom is 0.223 e. The maximum absolute atomic E-state index is 5.87. The molecular formula is C15H22N4S. The summed E-state index contributed by atoms with van der Waals surface area (Å²) in [7, 11) is 0. The van der Waals surface area contributed by atoms with Crippen LogP contribution in [0.5, 0.6) is 0 Å². The molecule has 0 saturated carbocycles. The Hall–Kier alpha value is -1.36. The molecule has 2 aromatic heterocycles. The highest BCUT2D eigenvalue weighted by molar-refractivity contribution is 7.18. The van der Waals surface area contributed by atoms with Gasteiger partial charge in [-0.1, -0.05) is 19.8 Å². The van der Waals surface area contributed by atoms with Gasteiger partial charge in [0.05, 0.1) is 5.39 Å². The summed E-state index contributed by atoms with van der Waals surface area (Å²) in [5.41, 5.74) is 5.87. The Balaban J connectivity index is 1.87. The zero-order chi connectivity index (χ0) is 14.1. The summed E-state index contributed by atoms with van der Waals surface area (Å²) in [4.78, 5) is 13.5. The number of hydrogen-bond acceptors (Lipinski definition) is 5. The standard InChI is InChI=1S/C15H22N4S/c1-3-4-11-5-7-19(8-6-11)13-12-9-10(2)20-14(12)18-15(16)17-13/h9,11H,3-8H2,1-2H3,(H2,16,17,18). The molecule has 0 bridgehead atoms. The van der Waals surface area contributed by atoms with Gasteiger partial charge in [-0.15, -0.1) is 11.3 Å². The van der Waals surface area contributed by atoms with E-state index in [0.717, 1.165) is 35.0 Å². The number of nitrogens with two attached hydrogens (primary N) is 1. The molecule has 1 aliphatic heterocycles. The predicted molar refractivity (Wildman–Crippen MR) is 86.4 cm³/mol. The molecule has 2 N–H and O–H groups in total. The van der Waals surface area contributed by atoms with E-state index in [1.54, 1.807) is 11.3 Å². The normalized spacial score (nSPS) is 17.0. The fraction of sp³-hybridized carbons (Fsp3) is 0.600. The van der Waals surface area contributed by atoms with Gasteiger partial charge in [-0.3, -0.25) is 0 Å². The molecule has 2 aromatic rings. The van der Waals surface area contributed by atoms with Crippen LogP contribution >= 0.6 is 11.3 Å². The number of nitrogen functional groups attached to an aromatic ring is 1. The minimum Gasteiger partial charge on any atom is -0.368 e. The lowest BCUT2D eigenvalue weighted by atomic mass is 9.92. The number of aromatic nitrogens is 2. The van der Waals surface area contributed by atoms with E-state index in [-0.39, 0.29) is 0 Å². The molecule has 1 aliphatic rings. The molecule has 0 aliphatic carbocycles. The Kier molecular flexibility index (Phi) is 3.78. The number of anilines is 2. The molecule has 0 spiro atoms. The first-order valence-corrected chi connectivity index (χ1v) is 8.27. The molecule has 20 heavy (non-hydrogen) atoms. The van der Waals surface area contributed by atoms with Crippen molar-refractivity contribution < 1.29 is 0 Å². The van der Waals surface area contributed by atoms with Gasteiger partial charge in [0.15, 0.2) is 0 Å². The van der Waals surface area contributed by atoms with Crippen molar-refractivity contribution >= 4 is 33.3 Å². The van der Waals surface area contributed by atoms with Gasteiger partial charge in [0.25, 0.3) is 0 Å². The maximum atomic E-state index is 5.87. The van der Waals surface area contributed by atoms with Crippen LogP contribution in [0.25, 0.3) is 10.2 Å². The van der Waals surface area contributed by atoms with Gasteiger partial charge in [-0.05, 0) is 31.7 Å². The van der Waals surface area contributed by atoms with Gasteiger partial charge in [0, 0.05) is 18.0 Å². The van der Waals surface area contributed by atoms with Gasteiger partial charge >= 0.3 is 0 Å². The van der Waals surface area contributed by atoms with Crippen LogP contribution in [0.15, 0.2) is 6.07 Å². The lowest BCUT2D eigenvalue weighted by Gasteiger charge is -2.33. The molecule has 0 unspecified atom stereocenters. The summed E-state index contributed by atoms with van der Waals surface area (Å²) in [5.74, 6) is 2.31. The molecule has 0 amide bonds. The zero-order valence-corrected chi connectivity index (χ0v) is 13.0. The van der Waals surface area contributed by atoms with Crippen LogP contribution in [0.2, 0.25) is 0 Å². The zero-order valence-electron chi connectivity index (χ0n) is 12.2. The number of rotatable bonds is 3. The van der Waals surface area contributed by atoms with Crippen LogP contribution < -0.4 is 10.6 Å². The first-order chi connectivity index (χ1) is 9.67. The number of nitrogens with zero attached hydrogens (tertiary/aromatic N) is 3. The SMILES string of the molecule is CCCC1CCN(c2nc(N)nc3sc(C)cc23)CC1. The molecule has 5 heteroatoms. The van der Waals surface area contributed by atoms with Gasteiger partial charge in [-0.25, -0.2) is 4.98 Å². The summed E-state index contributed by atoms with van der Waals surface area (Å²) in [5, 5.41) is 1.16. The van der Waals surface area contributed by atoms with Crippen molar-refractivity contribution in [2.45, 2.75) is 39.5 Å². The van der Waals surface area contributed by atoms with Crippen molar-refractivity contribution in [1.29, 1.82) is 0 Å². The summed E-state index contributed by atoms with van der Waals surface area (Å²) >= 11 is 1.70. The third kappa shape index (κ3) is 2.59. The van der Waals surface area contributed by atoms with Crippen LogP contribution in [0.4, 0.5) is 11.8 Å². The van der Waals surface area contributed by atoms with Crippen LogP contribution in [-0.2, 0) is 0 Å². The molecule has 1 saturated heterocycles. The van der Waals surface area contributed by atoms with Crippen LogP contribution in [0, 0.1) is 12.8 Å². The van der Waals surface area contributed by atoms with Crippen molar-refractivity contribution in [3.8, 4) is 0 Å². The summed E-state index contributed by atoms with van der Waals surface area (Å²) in [6.07, 6.45) is 5.18. The average molecular weight is 290 g/mol. The number of aryl methyl sites for hydroxylation is 1. The van der Waals surface area contributed by atoms with E-state index in [4.69, 9.17) is 5.73 Å². The van der Waals surface area contributed by atoms with Crippen molar-refractivity contribution in [1.82, 2.24) is 9.97 Å². The molecule has 1 fully saturated rings. The predicted octanol–water partition coefficient (Wildman–Crippen LogP) is 3.60. The van der Waals surface area contributed by atoms with Crippen LogP contribution in [-0.4, -0.2) is 23.1 Å². The van der Waals surface area contributed by atoms with Gasteiger partial charge in [0.2, 0.25) is 5.95 Å². The number of hydrogen-bond donors (Lipinski definition) is 1. The minimum atomic E-state index is 0.394. The summed E-state index contributed by atoms with van der Waals surface area (Å²) < 4.78 is 0. The number of piperidine rings is 1. The Morgan fingerprint density at radius 3 is 2.80 bits per heavy atom. The molecule has 0 atom stereocenters. The Labute approximate surface area is 124 Å². The van der Waals surface area contributed by atoms with Crippen molar-refractivity contribution in [2.24, 2.45) is 5.92 Å². The Morgan fingerprint density at radius 1 is 1.35 bits per heavy atom. The summed E-state index contributed by atoms with van der Waals surface area (Å²) in [6, 6.07) is 2.19. The van der Waals surface area contributed by atoms with Gasteiger partial charge in [-0.2, -0.15) is 4.98 Å². The first kappa shape index (κ1) is 13.6. The second-order valence-electron chi connectivity index (χ2n) is 5.70. The lowest BCUT2D eigenvalue weighted by molar-refractivity contribution is 0.378. The average Bonchev–Trinajstić information content (AvgIpc) is 2.79. The van der Waals surface area contributed by atoms with Crippen LogP contribution in [0.1, 0.15) is 37.5 Å². The highest BCUT2D eigenvalue weighted by Gasteiger charge is 2.22. The molecule has 3 rings (SSSR count). The van der Waals surface area contributed by atoms with Crippen molar-refractivity contribution in [3.05, 3.63) is 10.9 Å². The smallest absolute Gasteiger partial charge is 0.223 e. The molecule has 0 aromatic carbocycles. The lowest BCUT2D eigenvalue weighted by Crippen LogP contribution is -2.34. The van der Waals surface area contributed by atoms with Gasteiger partial charge < -0.3 is 10.6 Å². The highest BCUT2D eigenvalue weighted by atomic mass is 32.1. The first-order valence-electron chi connectivity index (χ1n) is 7.46. The number of fused-ring (bicyclic) bond motifs is 1. The van der Waals surface area contributed by atoms with E-state index >= 15 is 0 Å². The summed E-state index contributed by atoms with van der Waals surface area (Å²) in [6.45, 7) is 6.56. The second kappa shape index (κ2) is 5.56. The van der Waals surface area contributed by atoms with E-state index in [1.165, 1.54) is 30.6 Å². The van der Waals surface area contributed by atoms with Crippen molar-refractivity contribution in [2.75, 3.05) is 23.7 Å². The van der Waals surface area contributed by atoms with E-state index in [2.05, 4.69) is 34.8 Å². The molecule has 3 heterocycles. The van der Waals surface area contributed by atoms with Crippen LogP contribution in [0.3, 0.4) is 0 Å². The molecule has 108 valence electrons. The Bertz CT molecular complexity index is 599. The topological polar surface area (TPSA) is 55.0 Å². The third-order valence-corrected chi connectivity index (χ3v) is 5.07. The monoisotopic (exact) mass is 290 g/mol.